The molecule has 0 heterocycles. The first-order valence-corrected chi connectivity index (χ1v) is 7.15. The molecular weight excluding hydrogens is 292 g/mol. The fourth-order valence-corrected chi connectivity index (χ4v) is 2.83. The van der Waals surface area contributed by atoms with Crippen molar-refractivity contribution in [2.75, 3.05) is 13.2 Å². The van der Waals surface area contributed by atoms with Gasteiger partial charge in [0.15, 0.2) is 0 Å². The lowest BCUT2D eigenvalue weighted by Crippen LogP contribution is -2.44. The largest absolute Gasteiger partial charge is 0.395 e. The third-order valence-electron chi connectivity index (χ3n) is 3.10. The van der Waals surface area contributed by atoms with Gasteiger partial charge in [0.25, 0.3) is 0 Å². The standard InChI is InChI=1S/C14H23BrN2O/c1-10(2)17(8-9-18)14(11(3)16)12-6-4-5-7-13(12)15/h4-7,10-11,14,18H,8-9,16H2,1-3H3. The molecule has 1 rings (SSSR count). The van der Waals surface area contributed by atoms with Gasteiger partial charge in [-0.3, -0.25) is 4.90 Å². The van der Waals surface area contributed by atoms with Crippen LogP contribution in [0.25, 0.3) is 0 Å². The highest BCUT2D eigenvalue weighted by molar-refractivity contribution is 9.10. The van der Waals surface area contributed by atoms with Crippen molar-refractivity contribution in [1.82, 2.24) is 4.90 Å². The molecule has 0 radical (unpaired) electrons. The Morgan fingerprint density at radius 1 is 1.28 bits per heavy atom. The van der Waals surface area contributed by atoms with Crippen LogP contribution in [0.2, 0.25) is 0 Å². The van der Waals surface area contributed by atoms with Gasteiger partial charge >= 0.3 is 0 Å². The topological polar surface area (TPSA) is 49.5 Å². The maximum Gasteiger partial charge on any atom is 0.0558 e. The zero-order chi connectivity index (χ0) is 13.7. The molecule has 102 valence electrons. The number of rotatable bonds is 6. The summed E-state index contributed by atoms with van der Waals surface area (Å²) in [6.07, 6.45) is 0. The van der Waals surface area contributed by atoms with Gasteiger partial charge in [-0.15, -0.1) is 0 Å². The molecule has 3 N–H and O–H groups in total. The third-order valence-corrected chi connectivity index (χ3v) is 3.82. The third kappa shape index (κ3) is 3.79. The summed E-state index contributed by atoms with van der Waals surface area (Å²) in [5.74, 6) is 0. The Kier molecular flexibility index (Phi) is 6.29. The Labute approximate surface area is 118 Å². The second kappa shape index (κ2) is 7.24. The molecule has 2 atom stereocenters. The number of nitrogens with zero attached hydrogens (tertiary/aromatic N) is 1. The van der Waals surface area contributed by atoms with Crippen LogP contribution in [0.3, 0.4) is 0 Å². The first kappa shape index (κ1) is 15.6. The number of hydrogen-bond donors (Lipinski definition) is 2. The maximum atomic E-state index is 9.24. The van der Waals surface area contributed by atoms with Crippen LogP contribution in [0, 0.1) is 0 Å². The van der Waals surface area contributed by atoms with Gasteiger partial charge in [0.1, 0.15) is 0 Å². The Morgan fingerprint density at radius 2 is 1.89 bits per heavy atom. The minimum Gasteiger partial charge on any atom is -0.395 e. The average molecular weight is 315 g/mol. The highest BCUT2D eigenvalue weighted by Crippen LogP contribution is 2.30. The summed E-state index contributed by atoms with van der Waals surface area (Å²) >= 11 is 3.59. The van der Waals surface area contributed by atoms with Gasteiger partial charge in [-0.05, 0) is 32.4 Å². The first-order valence-electron chi connectivity index (χ1n) is 6.35. The molecule has 0 aliphatic heterocycles. The second-order valence-corrected chi connectivity index (χ2v) is 5.73. The first-order chi connectivity index (χ1) is 8.49. The van der Waals surface area contributed by atoms with E-state index < -0.39 is 0 Å². The summed E-state index contributed by atoms with van der Waals surface area (Å²) in [4.78, 5) is 2.24. The fourth-order valence-electron chi connectivity index (χ4n) is 2.31. The average Bonchev–Trinajstić information content (AvgIpc) is 2.30. The van der Waals surface area contributed by atoms with E-state index in [9.17, 15) is 5.11 Å². The number of halogens is 1. The van der Waals surface area contributed by atoms with Crippen LogP contribution in [0.15, 0.2) is 28.7 Å². The van der Waals surface area contributed by atoms with Gasteiger partial charge < -0.3 is 10.8 Å². The quantitative estimate of drug-likeness (QED) is 0.848. The molecule has 0 spiro atoms. The maximum absolute atomic E-state index is 9.24. The van der Waals surface area contributed by atoms with E-state index in [2.05, 4.69) is 40.7 Å². The van der Waals surface area contributed by atoms with Gasteiger partial charge in [0, 0.05) is 23.1 Å². The van der Waals surface area contributed by atoms with E-state index in [-0.39, 0.29) is 18.7 Å². The lowest BCUT2D eigenvalue weighted by Gasteiger charge is -2.37. The van der Waals surface area contributed by atoms with Crippen LogP contribution >= 0.6 is 15.9 Å². The highest BCUT2D eigenvalue weighted by Gasteiger charge is 2.27. The van der Waals surface area contributed by atoms with E-state index >= 15 is 0 Å². The Hall–Kier alpha value is -0.420. The van der Waals surface area contributed by atoms with Crippen molar-refractivity contribution in [3.8, 4) is 0 Å². The number of aliphatic hydroxyl groups is 1. The van der Waals surface area contributed by atoms with Gasteiger partial charge in [-0.1, -0.05) is 34.1 Å². The summed E-state index contributed by atoms with van der Waals surface area (Å²) < 4.78 is 1.07. The molecule has 0 fully saturated rings. The number of hydrogen-bond acceptors (Lipinski definition) is 3. The molecule has 0 amide bonds. The van der Waals surface area contributed by atoms with Crippen LogP contribution in [-0.2, 0) is 0 Å². The van der Waals surface area contributed by atoms with Crippen molar-refractivity contribution in [3.05, 3.63) is 34.3 Å². The number of benzene rings is 1. The monoisotopic (exact) mass is 314 g/mol. The zero-order valence-corrected chi connectivity index (χ0v) is 12.9. The molecule has 0 saturated carbocycles. The normalized spacial score (nSPS) is 15.1. The molecule has 1 aromatic rings. The van der Waals surface area contributed by atoms with Crippen molar-refractivity contribution in [3.63, 3.8) is 0 Å². The van der Waals surface area contributed by atoms with E-state index in [4.69, 9.17) is 5.73 Å². The molecule has 0 saturated heterocycles. The lowest BCUT2D eigenvalue weighted by atomic mass is 9.98. The molecule has 0 aliphatic rings. The summed E-state index contributed by atoms with van der Waals surface area (Å²) in [5, 5.41) is 9.24. The van der Waals surface area contributed by atoms with Crippen LogP contribution in [0.5, 0.6) is 0 Å². The summed E-state index contributed by atoms with van der Waals surface area (Å²) in [7, 11) is 0. The van der Waals surface area contributed by atoms with Gasteiger partial charge in [0.2, 0.25) is 0 Å². The van der Waals surface area contributed by atoms with Crippen LogP contribution < -0.4 is 5.73 Å². The molecule has 2 unspecified atom stereocenters. The molecule has 18 heavy (non-hydrogen) atoms. The van der Waals surface area contributed by atoms with Crippen molar-refractivity contribution >= 4 is 15.9 Å². The Bertz CT molecular complexity index is 369. The smallest absolute Gasteiger partial charge is 0.0558 e. The van der Waals surface area contributed by atoms with Gasteiger partial charge in [-0.2, -0.15) is 0 Å². The van der Waals surface area contributed by atoms with Gasteiger partial charge in [0.05, 0.1) is 12.6 Å². The van der Waals surface area contributed by atoms with Crippen molar-refractivity contribution in [1.29, 1.82) is 0 Å². The Morgan fingerprint density at radius 3 is 2.33 bits per heavy atom. The molecule has 4 heteroatoms. The van der Waals surface area contributed by atoms with Crippen LogP contribution in [-0.4, -0.2) is 35.2 Å². The van der Waals surface area contributed by atoms with E-state index in [0.29, 0.717) is 12.6 Å². The minimum atomic E-state index is -0.00218. The fraction of sp³-hybridized carbons (Fsp3) is 0.571. The van der Waals surface area contributed by atoms with Crippen molar-refractivity contribution < 1.29 is 5.11 Å². The molecule has 1 aromatic carbocycles. The lowest BCUT2D eigenvalue weighted by molar-refractivity contribution is 0.105. The highest BCUT2D eigenvalue weighted by atomic mass is 79.9. The second-order valence-electron chi connectivity index (χ2n) is 4.88. The zero-order valence-electron chi connectivity index (χ0n) is 11.3. The summed E-state index contributed by atoms with van der Waals surface area (Å²) in [6, 6.07) is 8.57. The van der Waals surface area contributed by atoms with Gasteiger partial charge in [-0.25, -0.2) is 0 Å². The van der Waals surface area contributed by atoms with E-state index in [0.717, 1.165) is 4.47 Å². The van der Waals surface area contributed by atoms with E-state index in [1.807, 2.05) is 25.1 Å². The molecule has 3 nitrogen and oxygen atoms in total. The SMILES string of the molecule is CC(N)C(c1ccccc1Br)N(CCO)C(C)C. The minimum absolute atomic E-state index is 0.00218. The number of nitrogens with two attached hydrogens (primary N) is 1. The molecule has 0 aliphatic carbocycles. The van der Waals surface area contributed by atoms with Crippen molar-refractivity contribution in [2.24, 2.45) is 5.73 Å². The Balaban J connectivity index is 3.12. The number of aliphatic hydroxyl groups excluding tert-OH is 1. The predicted octanol–water partition coefficient (Wildman–Crippen LogP) is 2.54. The van der Waals surface area contributed by atoms with Crippen LogP contribution in [0.4, 0.5) is 0 Å². The predicted molar refractivity (Wildman–Crippen MR) is 79.5 cm³/mol. The molecule has 0 aromatic heterocycles. The van der Waals surface area contributed by atoms with Crippen LogP contribution in [0.1, 0.15) is 32.4 Å². The van der Waals surface area contributed by atoms with E-state index in [1.165, 1.54) is 5.56 Å². The summed E-state index contributed by atoms with van der Waals surface area (Å²) in [5.41, 5.74) is 7.34. The summed E-state index contributed by atoms with van der Waals surface area (Å²) in [6.45, 7) is 7.04. The molecule has 0 bridgehead atoms. The van der Waals surface area contributed by atoms with Crippen molar-refractivity contribution in [2.45, 2.75) is 38.9 Å². The van der Waals surface area contributed by atoms with E-state index in [1.54, 1.807) is 0 Å². The molecular formula is C14H23BrN2O.